The third-order valence-electron chi connectivity index (χ3n) is 5.98. The number of hydrogen-bond donors (Lipinski definition) is 2. The lowest BCUT2D eigenvalue weighted by atomic mass is 10.0. The number of nitrogens with zero attached hydrogens (tertiary/aromatic N) is 1. The highest BCUT2D eigenvalue weighted by Crippen LogP contribution is 2.59. The summed E-state index contributed by atoms with van der Waals surface area (Å²) in [4.78, 5) is 37.9. The van der Waals surface area contributed by atoms with E-state index < -0.39 is 17.9 Å². The van der Waals surface area contributed by atoms with E-state index in [9.17, 15) is 19.5 Å². The van der Waals surface area contributed by atoms with Gasteiger partial charge in [0.05, 0.1) is 6.54 Å². The molecule has 1 aliphatic carbocycles. The third kappa shape index (κ3) is 3.87. The van der Waals surface area contributed by atoms with Gasteiger partial charge in [-0.2, -0.15) is 0 Å². The topological polar surface area (TPSA) is 95.9 Å². The number of rotatable bonds is 6. The second-order valence-electron chi connectivity index (χ2n) is 8.36. The van der Waals surface area contributed by atoms with Crippen LogP contribution in [-0.2, 0) is 9.59 Å². The van der Waals surface area contributed by atoms with Crippen molar-refractivity contribution in [2.75, 3.05) is 6.54 Å². The maximum Gasteiger partial charge on any atom is 0.326 e. The Balaban J connectivity index is 1.33. The molecule has 2 N–H and O–H groups in total. The first kappa shape index (κ1) is 19.9. The minimum Gasteiger partial charge on any atom is -0.480 e. The highest BCUT2D eigenvalue weighted by Gasteiger charge is 2.64. The minimum atomic E-state index is -0.993. The number of carbonyl (C=O) groups is 3. The van der Waals surface area contributed by atoms with E-state index in [-0.39, 0.29) is 23.9 Å². The van der Waals surface area contributed by atoms with Crippen molar-refractivity contribution in [1.29, 1.82) is 0 Å². The van der Waals surface area contributed by atoms with Gasteiger partial charge in [0.15, 0.2) is 0 Å². The van der Waals surface area contributed by atoms with Crippen molar-refractivity contribution < 1.29 is 24.2 Å². The summed E-state index contributed by atoms with van der Waals surface area (Å²) >= 11 is 0. The fraction of sp³-hybridized carbons (Fsp3) is 0.348. The number of likely N-dealkylation sites (tertiary alicyclic amines) is 1. The van der Waals surface area contributed by atoms with Crippen LogP contribution in [0.25, 0.3) is 0 Å². The molecular weight excluding hydrogens is 384 g/mol. The van der Waals surface area contributed by atoms with Gasteiger partial charge in [-0.05, 0) is 61.6 Å². The third-order valence-corrected chi connectivity index (χ3v) is 5.98. The molecule has 2 aromatic rings. The fourth-order valence-corrected chi connectivity index (χ4v) is 4.11. The zero-order valence-electron chi connectivity index (χ0n) is 16.9. The smallest absolute Gasteiger partial charge is 0.326 e. The van der Waals surface area contributed by atoms with E-state index in [1.807, 2.05) is 38.1 Å². The molecule has 2 aromatic carbocycles. The predicted molar refractivity (Wildman–Crippen MR) is 109 cm³/mol. The molecule has 2 amide bonds. The maximum atomic E-state index is 12.6. The number of carbonyl (C=O) groups excluding carboxylic acids is 2. The lowest BCUT2D eigenvalue weighted by Gasteiger charge is -2.24. The number of aliphatic carboxylic acids is 1. The number of carboxylic acids is 1. The molecule has 0 aromatic heterocycles. The van der Waals surface area contributed by atoms with E-state index in [1.165, 1.54) is 4.90 Å². The molecular formula is C23H24N2O5. The number of amides is 2. The highest BCUT2D eigenvalue weighted by atomic mass is 16.5. The fourth-order valence-electron chi connectivity index (χ4n) is 4.11. The summed E-state index contributed by atoms with van der Waals surface area (Å²) in [5.41, 5.74) is 1.43. The molecule has 7 nitrogen and oxygen atoms in total. The summed E-state index contributed by atoms with van der Waals surface area (Å²) in [6.45, 7) is 3.77. The molecule has 1 aliphatic heterocycles. The van der Waals surface area contributed by atoms with Gasteiger partial charge in [0, 0.05) is 11.6 Å². The summed E-state index contributed by atoms with van der Waals surface area (Å²) < 4.78 is 5.75. The first-order valence-electron chi connectivity index (χ1n) is 9.94. The SMILES string of the molecule is Cc1ccc(Oc2ccc(C(=O)NCC(=O)N3[C@H]4C[C@@]4(C)C[C@H]3C(=O)O)cc2)cc1. The lowest BCUT2D eigenvalue weighted by molar-refractivity contribution is -0.149. The Labute approximate surface area is 174 Å². The molecule has 1 heterocycles. The largest absolute Gasteiger partial charge is 0.480 e. The van der Waals surface area contributed by atoms with Gasteiger partial charge in [-0.15, -0.1) is 0 Å². The summed E-state index contributed by atoms with van der Waals surface area (Å²) in [5.74, 6) is -0.446. The quantitative estimate of drug-likeness (QED) is 0.766. The first-order valence-corrected chi connectivity index (χ1v) is 9.94. The monoisotopic (exact) mass is 408 g/mol. The number of ether oxygens (including phenoxy) is 1. The average molecular weight is 408 g/mol. The van der Waals surface area contributed by atoms with Crippen LogP contribution >= 0.6 is 0 Å². The second kappa shape index (κ2) is 7.48. The molecule has 7 heteroatoms. The molecule has 0 radical (unpaired) electrons. The van der Waals surface area contributed by atoms with Gasteiger partial charge in [0.1, 0.15) is 17.5 Å². The summed E-state index contributed by atoms with van der Waals surface area (Å²) in [6.07, 6.45) is 1.29. The van der Waals surface area contributed by atoms with Crippen molar-refractivity contribution in [3.63, 3.8) is 0 Å². The highest BCUT2D eigenvalue weighted by molar-refractivity contribution is 5.97. The number of benzene rings is 2. The van der Waals surface area contributed by atoms with Crippen molar-refractivity contribution in [1.82, 2.24) is 10.2 Å². The van der Waals surface area contributed by atoms with Crippen LogP contribution in [0, 0.1) is 12.3 Å². The second-order valence-corrected chi connectivity index (χ2v) is 8.36. The summed E-state index contributed by atoms with van der Waals surface area (Å²) in [7, 11) is 0. The van der Waals surface area contributed by atoms with Crippen LogP contribution < -0.4 is 10.1 Å². The average Bonchev–Trinajstić information content (AvgIpc) is 3.28. The first-order chi connectivity index (χ1) is 14.3. The Morgan fingerprint density at radius 2 is 1.67 bits per heavy atom. The minimum absolute atomic E-state index is 0.0405. The summed E-state index contributed by atoms with van der Waals surface area (Å²) in [5, 5.41) is 12.0. The van der Waals surface area contributed by atoms with E-state index in [2.05, 4.69) is 5.32 Å². The van der Waals surface area contributed by atoms with Gasteiger partial charge in [0.25, 0.3) is 5.91 Å². The normalized spacial score (nSPS) is 24.1. The molecule has 0 spiro atoms. The summed E-state index contributed by atoms with van der Waals surface area (Å²) in [6, 6.07) is 13.4. The van der Waals surface area contributed by atoms with Crippen LogP contribution in [0.3, 0.4) is 0 Å². The van der Waals surface area contributed by atoms with E-state index in [0.29, 0.717) is 23.5 Å². The predicted octanol–water partition coefficient (Wildman–Crippen LogP) is 2.98. The van der Waals surface area contributed by atoms with Crippen LogP contribution in [0.5, 0.6) is 11.5 Å². The van der Waals surface area contributed by atoms with Gasteiger partial charge in [-0.1, -0.05) is 24.6 Å². The molecule has 0 bridgehead atoms. The van der Waals surface area contributed by atoms with E-state index in [4.69, 9.17) is 4.74 Å². The molecule has 2 fully saturated rings. The van der Waals surface area contributed by atoms with Crippen molar-refractivity contribution >= 4 is 17.8 Å². The number of fused-ring (bicyclic) bond motifs is 1. The number of piperidine rings is 1. The zero-order valence-corrected chi connectivity index (χ0v) is 16.9. The van der Waals surface area contributed by atoms with Crippen molar-refractivity contribution in [2.45, 2.75) is 38.8 Å². The molecule has 1 saturated heterocycles. The molecule has 2 aliphatic rings. The Hall–Kier alpha value is -3.35. The van der Waals surface area contributed by atoms with Crippen LogP contribution in [0.15, 0.2) is 48.5 Å². The molecule has 30 heavy (non-hydrogen) atoms. The van der Waals surface area contributed by atoms with Crippen LogP contribution in [0.4, 0.5) is 0 Å². The molecule has 0 unspecified atom stereocenters. The Bertz CT molecular complexity index is 986. The molecule has 156 valence electrons. The molecule has 1 saturated carbocycles. The molecule has 3 atom stereocenters. The number of hydrogen-bond acceptors (Lipinski definition) is 4. The van der Waals surface area contributed by atoms with E-state index >= 15 is 0 Å². The number of carboxylic acid groups (broad SMARTS) is 1. The van der Waals surface area contributed by atoms with Crippen molar-refractivity contribution in [2.24, 2.45) is 5.41 Å². The Morgan fingerprint density at radius 1 is 1.07 bits per heavy atom. The lowest BCUT2D eigenvalue weighted by Crippen LogP contribution is -2.47. The maximum absolute atomic E-state index is 12.6. The number of aryl methyl sites for hydroxylation is 1. The van der Waals surface area contributed by atoms with Gasteiger partial charge in [0.2, 0.25) is 5.91 Å². The number of nitrogens with one attached hydrogen (secondary N) is 1. The Kier molecular flexibility index (Phi) is 4.97. The van der Waals surface area contributed by atoms with Gasteiger partial charge in [-0.25, -0.2) is 4.79 Å². The van der Waals surface area contributed by atoms with Gasteiger partial charge < -0.3 is 20.1 Å². The standard InChI is InChI=1S/C23H24N2O5/c1-14-3-7-16(8-4-14)30-17-9-5-15(6-10-17)21(27)24-13-20(26)25-18(22(28)29)11-23(2)12-19(23)25/h3-10,18-19H,11-13H2,1-2H3,(H,24,27)(H,28,29)/t18-,19-,23+/m0/s1. The van der Waals surface area contributed by atoms with Crippen LogP contribution in [0.1, 0.15) is 35.7 Å². The van der Waals surface area contributed by atoms with Gasteiger partial charge >= 0.3 is 5.97 Å². The van der Waals surface area contributed by atoms with E-state index in [1.54, 1.807) is 24.3 Å². The van der Waals surface area contributed by atoms with Crippen molar-refractivity contribution in [3.8, 4) is 11.5 Å². The molecule has 4 rings (SSSR count). The van der Waals surface area contributed by atoms with E-state index in [0.717, 1.165) is 12.0 Å². The van der Waals surface area contributed by atoms with Crippen molar-refractivity contribution in [3.05, 3.63) is 59.7 Å². The Morgan fingerprint density at radius 3 is 2.27 bits per heavy atom. The zero-order chi connectivity index (χ0) is 21.5. The van der Waals surface area contributed by atoms with Crippen LogP contribution in [0.2, 0.25) is 0 Å². The van der Waals surface area contributed by atoms with Gasteiger partial charge in [-0.3, -0.25) is 9.59 Å². The van der Waals surface area contributed by atoms with Crippen LogP contribution in [-0.4, -0.2) is 46.4 Å².